The summed E-state index contributed by atoms with van der Waals surface area (Å²) in [5, 5.41) is 2.99. The Kier molecular flexibility index (Phi) is 7.31. The number of ether oxygens (including phenoxy) is 1. The van der Waals surface area contributed by atoms with Crippen LogP contribution in [0.1, 0.15) is 33.3 Å². The third-order valence-corrected chi connectivity index (χ3v) is 3.24. The van der Waals surface area contributed by atoms with Crippen LogP contribution in [0.15, 0.2) is 30.3 Å². The molecule has 1 N–H and O–H groups in total. The molecule has 20 heavy (non-hydrogen) atoms. The molecular formula is C17H27NO2. The minimum atomic E-state index is -0.0857. The highest BCUT2D eigenvalue weighted by atomic mass is 16.5. The molecule has 112 valence electrons. The minimum absolute atomic E-state index is 0.0857. The summed E-state index contributed by atoms with van der Waals surface area (Å²) >= 11 is 0. The highest BCUT2D eigenvalue weighted by Crippen LogP contribution is 2.13. The lowest BCUT2D eigenvalue weighted by Gasteiger charge is -2.21. The number of nitrogens with one attached hydrogen (secondary N) is 1. The summed E-state index contributed by atoms with van der Waals surface area (Å²) in [6, 6.07) is 10.0. The smallest absolute Gasteiger partial charge is 0.225 e. The van der Waals surface area contributed by atoms with E-state index in [-0.39, 0.29) is 17.7 Å². The largest absolute Gasteiger partial charge is 0.376 e. The molecule has 0 heterocycles. The molecule has 0 bridgehead atoms. The van der Waals surface area contributed by atoms with Gasteiger partial charge >= 0.3 is 0 Å². The van der Waals surface area contributed by atoms with Gasteiger partial charge < -0.3 is 10.1 Å². The van der Waals surface area contributed by atoms with Gasteiger partial charge in [0.15, 0.2) is 0 Å². The van der Waals surface area contributed by atoms with Crippen LogP contribution in [0.4, 0.5) is 0 Å². The molecule has 0 aliphatic heterocycles. The SMILES string of the molecule is CC(C)CNC(=O)[C@@H](COCc1ccccc1)C(C)C. The summed E-state index contributed by atoms with van der Waals surface area (Å²) in [6.07, 6.45) is 0. The van der Waals surface area contributed by atoms with Gasteiger partial charge in [-0.1, -0.05) is 58.0 Å². The Morgan fingerprint density at radius 3 is 2.35 bits per heavy atom. The first-order valence-electron chi connectivity index (χ1n) is 7.40. The average Bonchev–Trinajstić information content (AvgIpc) is 2.41. The zero-order valence-corrected chi connectivity index (χ0v) is 13.1. The van der Waals surface area contributed by atoms with E-state index in [0.29, 0.717) is 19.1 Å². The van der Waals surface area contributed by atoms with Gasteiger partial charge in [-0.25, -0.2) is 0 Å². The van der Waals surface area contributed by atoms with Crippen molar-refractivity contribution in [2.45, 2.75) is 34.3 Å². The summed E-state index contributed by atoms with van der Waals surface area (Å²) in [4.78, 5) is 12.1. The molecule has 0 saturated carbocycles. The Hall–Kier alpha value is -1.35. The summed E-state index contributed by atoms with van der Waals surface area (Å²) in [6.45, 7) is 10.1. The molecule has 1 rings (SSSR count). The second kappa shape index (κ2) is 8.75. The number of amides is 1. The standard InChI is InChI=1S/C17H27NO2/c1-13(2)10-18-17(19)16(14(3)4)12-20-11-15-8-6-5-7-9-15/h5-9,13-14,16H,10-12H2,1-4H3,(H,18,19)/t16-/m0/s1. The van der Waals surface area contributed by atoms with E-state index >= 15 is 0 Å². The van der Waals surface area contributed by atoms with E-state index < -0.39 is 0 Å². The van der Waals surface area contributed by atoms with Crippen molar-refractivity contribution >= 4 is 5.91 Å². The molecule has 1 aromatic rings. The van der Waals surface area contributed by atoms with Gasteiger partial charge in [-0.05, 0) is 17.4 Å². The van der Waals surface area contributed by atoms with Gasteiger partial charge in [-0.3, -0.25) is 4.79 Å². The third-order valence-electron chi connectivity index (χ3n) is 3.24. The van der Waals surface area contributed by atoms with E-state index in [0.717, 1.165) is 12.1 Å². The van der Waals surface area contributed by atoms with Gasteiger partial charge in [0.25, 0.3) is 0 Å². The molecule has 0 aromatic heterocycles. The van der Waals surface area contributed by atoms with Crippen molar-refractivity contribution in [1.82, 2.24) is 5.32 Å². The maximum absolute atomic E-state index is 12.1. The maximum Gasteiger partial charge on any atom is 0.225 e. The van der Waals surface area contributed by atoms with Crippen molar-refractivity contribution in [3.05, 3.63) is 35.9 Å². The van der Waals surface area contributed by atoms with Crippen LogP contribution < -0.4 is 5.32 Å². The lowest BCUT2D eigenvalue weighted by atomic mass is 9.95. The van der Waals surface area contributed by atoms with Crippen LogP contribution in [0.2, 0.25) is 0 Å². The average molecular weight is 277 g/mol. The van der Waals surface area contributed by atoms with Crippen LogP contribution in [0, 0.1) is 17.8 Å². The predicted molar refractivity (Wildman–Crippen MR) is 82.3 cm³/mol. The fourth-order valence-electron chi connectivity index (χ4n) is 1.88. The molecule has 0 aliphatic carbocycles. The van der Waals surface area contributed by atoms with Gasteiger partial charge in [-0.2, -0.15) is 0 Å². The highest BCUT2D eigenvalue weighted by molar-refractivity contribution is 5.79. The topological polar surface area (TPSA) is 38.3 Å². The molecule has 1 aromatic carbocycles. The summed E-state index contributed by atoms with van der Waals surface area (Å²) in [5.41, 5.74) is 1.14. The van der Waals surface area contributed by atoms with E-state index in [1.807, 2.05) is 30.3 Å². The fourth-order valence-corrected chi connectivity index (χ4v) is 1.88. The molecule has 1 amide bonds. The lowest BCUT2D eigenvalue weighted by molar-refractivity contribution is -0.129. The second-order valence-corrected chi connectivity index (χ2v) is 5.99. The van der Waals surface area contributed by atoms with Gasteiger partial charge in [0, 0.05) is 6.54 Å². The van der Waals surface area contributed by atoms with E-state index in [1.54, 1.807) is 0 Å². The number of rotatable bonds is 8. The van der Waals surface area contributed by atoms with Crippen LogP contribution >= 0.6 is 0 Å². The maximum atomic E-state index is 12.1. The number of benzene rings is 1. The fraction of sp³-hybridized carbons (Fsp3) is 0.588. The van der Waals surface area contributed by atoms with Crippen molar-refractivity contribution in [2.24, 2.45) is 17.8 Å². The second-order valence-electron chi connectivity index (χ2n) is 5.99. The van der Waals surface area contributed by atoms with Crippen LogP contribution in [0.3, 0.4) is 0 Å². The number of carbonyl (C=O) groups is 1. The zero-order chi connectivity index (χ0) is 15.0. The van der Waals surface area contributed by atoms with E-state index in [2.05, 4.69) is 33.0 Å². The number of hydrogen-bond donors (Lipinski definition) is 1. The van der Waals surface area contributed by atoms with Crippen molar-refractivity contribution in [1.29, 1.82) is 0 Å². The Morgan fingerprint density at radius 2 is 1.80 bits per heavy atom. The van der Waals surface area contributed by atoms with Crippen molar-refractivity contribution < 1.29 is 9.53 Å². The number of carbonyl (C=O) groups excluding carboxylic acids is 1. The van der Waals surface area contributed by atoms with Crippen LogP contribution in [-0.4, -0.2) is 19.1 Å². The predicted octanol–water partition coefficient (Wildman–Crippen LogP) is 3.25. The van der Waals surface area contributed by atoms with E-state index in [9.17, 15) is 4.79 Å². The normalized spacial score (nSPS) is 12.7. The van der Waals surface area contributed by atoms with Crippen LogP contribution in [0.5, 0.6) is 0 Å². The molecule has 0 fully saturated rings. The summed E-state index contributed by atoms with van der Waals surface area (Å²) in [7, 11) is 0. The van der Waals surface area contributed by atoms with Crippen LogP contribution in [0.25, 0.3) is 0 Å². The molecule has 0 unspecified atom stereocenters. The summed E-state index contributed by atoms with van der Waals surface area (Å²) in [5.74, 6) is 0.758. The monoisotopic (exact) mass is 277 g/mol. The Balaban J connectivity index is 2.41. The third kappa shape index (κ3) is 6.20. The highest BCUT2D eigenvalue weighted by Gasteiger charge is 2.22. The van der Waals surface area contributed by atoms with Crippen molar-refractivity contribution in [2.75, 3.05) is 13.2 Å². The van der Waals surface area contributed by atoms with Crippen molar-refractivity contribution in [3.63, 3.8) is 0 Å². The zero-order valence-electron chi connectivity index (χ0n) is 13.1. The number of hydrogen-bond acceptors (Lipinski definition) is 2. The van der Waals surface area contributed by atoms with Gasteiger partial charge in [0.05, 0.1) is 19.1 Å². The van der Waals surface area contributed by atoms with Crippen molar-refractivity contribution in [3.8, 4) is 0 Å². The minimum Gasteiger partial charge on any atom is -0.376 e. The van der Waals surface area contributed by atoms with Gasteiger partial charge in [-0.15, -0.1) is 0 Å². The van der Waals surface area contributed by atoms with E-state index in [1.165, 1.54) is 0 Å². The first kappa shape index (κ1) is 16.7. The van der Waals surface area contributed by atoms with E-state index in [4.69, 9.17) is 4.74 Å². The molecule has 3 heteroatoms. The first-order chi connectivity index (χ1) is 9.50. The quantitative estimate of drug-likeness (QED) is 0.792. The Bertz CT molecular complexity index is 387. The molecular weight excluding hydrogens is 250 g/mol. The Labute approximate surface area is 122 Å². The summed E-state index contributed by atoms with van der Waals surface area (Å²) < 4.78 is 5.71. The van der Waals surface area contributed by atoms with Gasteiger partial charge in [0.1, 0.15) is 0 Å². The van der Waals surface area contributed by atoms with Gasteiger partial charge in [0.2, 0.25) is 5.91 Å². The molecule has 0 aliphatic rings. The molecule has 0 saturated heterocycles. The molecule has 0 radical (unpaired) electrons. The molecule has 0 spiro atoms. The first-order valence-corrected chi connectivity index (χ1v) is 7.40. The molecule has 1 atom stereocenters. The lowest BCUT2D eigenvalue weighted by Crippen LogP contribution is -2.38. The van der Waals surface area contributed by atoms with Crippen LogP contribution in [-0.2, 0) is 16.1 Å². The molecule has 3 nitrogen and oxygen atoms in total. The Morgan fingerprint density at radius 1 is 1.15 bits per heavy atom.